The third-order valence-electron chi connectivity index (χ3n) is 2.24. The van der Waals surface area contributed by atoms with Gasteiger partial charge in [0.2, 0.25) is 0 Å². The lowest BCUT2D eigenvalue weighted by Gasteiger charge is -2.07. The molecule has 0 unspecified atom stereocenters. The topological polar surface area (TPSA) is 60.9 Å². The molecule has 0 saturated carbocycles. The van der Waals surface area contributed by atoms with Gasteiger partial charge in [-0.05, 0) is 11.6 Å². The van der Waals surface area contributed by atoms with E-state index in [0.29, 0.717) is 15.7 Å². The van der Waals surface area contributed by atoms with Gasteiger partial charge in [0.1, 0.15) is 0 Å². The molecule has 0 atom stereocenters. The third-order valence-corrected chi connectivity index (χ3v) is 3.10. The summed E-state index contributed by atoms with van der Waals surface area (Å²) in [6.45, 7) is 0.262. The number of rotatable bonds is 2. The van der Waals surface area contributed by atoms with Crippen LogP contribution in [0.1, 0.15) is 5.56 Å². The molecule has 0 aliphatic heterocycles. The lowest BCUT2D eigenvalue weighted by Crippen LogP contribution is -2.23. The number of aromatic nitrogens is 2. The van der Waals surface area contributed by atoms with E-state index in [1.54, 1.807) is 18.2 Å². The normalized spacial score (nSPS) is 10.5. The SMILES string of the molecule is Nc1cnn(Cc2cccc(Cl)c2Cl)c(=O)c1. The molecule has 2 aromatic rings. The van der Waals surface area contributed by atoms with Crippen molar-refractivity contribution in [3.8, 4) is 0 Å². The molecule has 88 valence electrons. The second-order valence-electron chi connectivity index (χ2n) is 3.50. The summed E-state index contributed by atoms with van der Waals surface area (Å²) < 4.78 is 1.27. The lowest BCUT2D eigenvalue weighted by molar-refractivity contribution is 0.640. The van der Waals surface area contributed by atoms with Crippen LogP contribution < -0.4 is 11.3 Å². The Kier molecular flexibility index (Phi) is 3.36. The first-order chi connectivity index (χ1) is 8.08. The molecule has 0 aliphatic carbocycles. The number of hydrogen-bond acceptors (Lipinski definition) is 3. The first-order valence-electron chi connectivity index (χ1n) is 4.83. The lowest BCUT2D eigenvalue weighted by atomic mass is 10.2. The van der Waals surface area contributed by atoms with E-state index in [1.807, 2.05) is 0 Å². The summed E-state index contributed by atoms with van der Waals surface area (Å²) in [5.41, 5.74) is 6.25. The van der Waals surface area contributed by atoms with Crippen LogP contribution in [0.2, 0.25) is 10.0 Å². The number of anilines is 1. The molecule has 0 fully saturated rings. The summed E-state index contributed by atoms with van der Waals surface area (Å²) in [4.78, 5) is 11.6. The van der Waals surface area contributed by atoms with Crippen molar-refractivity contribution in [2.24, 2.45) is 0 Å². The van der Waals surface area contributed by atoms with Gasteiger partial charge in [-0.1, -0.05) is 35.3 Å². The van der Waals surface area contributed by atoms with E-state index in [1.165, 1.54) is 16.9 Å². The highest BCUT2D eigenvalue weighted by atomic mass is 35.5. The van der Waals surface area contributed by atoms with E-state index in [2.05, 4.69) is 5.10 Å². The fourth-order valence-corrected chi connectivity index (χ4v) is 1.78. The van der Waals surface area contributed by atoms with Crippen LogP contribution in [0.3, 0.4) is 0 Å². The number of benzene rings is 1. The Hall–Kier alpha value is -1.52. The zero-order valence-electron chi connectivity index (χ0n) is 8.73. The van der Waals surface area contributed by atoms with Crippen LogP contribution in [0.15, 0.2) is 35.3 Å². The van der Waals surface area contributed by atoms with Crippen molar-refractivity contribution >= 4 is 28.9 Å². The van der Waals surface area contributed by atoms with Crippen LogP contribution >= 0.6 is 23.2 Å². The zero-order valence-corrected chi connectivity index (χ0v) is 10.2. The average molecular weight is 270 g/mol. The largest absolute Gasteiger partial charge is 0.397 e. The Bertz CT molecular complexity index is 610. The van der Waals surface area contributed by atoms with Crippen LogP contribution in [-0.4, -0.2) is 9.78 Å². The van der Waals surface area contributed by atoms with E-state index in [9.17, 15) is 4.79 Å². The molecule has 1 heterocycles. The minimum atomic E-state index is -0.277. The number of nitrogen functional groups attached to an aromatic ring is 1. The number of nitrogens with two attached hydrogens (primary N) is 1. The van der Waals surface area contributed by atoms with Gasteiger partial charge in [-0.25, -0.2) is 4.68 Å². The van der Waals surface area contributed by atoms with Crippen molar-refractivity contribution in [1.82, 2.24) is 9.78 Å². The van der Waals surface area contributed by atoms with E-state index >= 15 is 0 Å². The highest BCUT2D eigenvalue weighted by Crippen LogP contribution is 2.25. The maximum absolute atomic E-state index is 11.6. The summed E-state index contributed by atoms with van der Waals surface area (Å²) in [6, 6.07) is 6.56. The fourth-order valence-electron chi connectivity index (χ4n) is 1.40. The smallest absolute Gasteiger partial charge is 0.269 e. The number of nitrogens with zero attached hydrogens (tertiary/aromatic N) is 2. The predicted molar refractivity (Wildman–Crippen MR) is 68.5 cm³/mol. The molecule has 0 saturated heterocycles. The monoisotopic (exact) mass is 269 g/mol. The molecular formula is C11H9Cl2N3O. The van der Waals surface area contributed by atoms with Crippen molar-refractivity contribution in [3.63, 3.8) is 0 Å². The molecule has 0 bridgehead atoms. The molecule has 4 nitrogen and oxygen atoms in total. The van der Waals surface area contributed by atoms with Gasteiger partial charge in [0.15, 0.2) is 0 Å². The van der Waals surface area contributed by atoms with E-state index in [0.717, 1.165) is 5.56 Å². The molecule has 0 amide bonds. The molecule has 0 aliphatic rings. The minimum Gasteiger partial charge on any atom is -0.397 e. The molecule has 17 heavy (non-hydrogen) atoms. The van der Waals surface area contributed by atoms with Crippen molar-refractivity contribution in [2.75, 3.05) is 5.73 Å². The van der Waals surface area contributed by atoms with Crippen LogP contribution in [0.4, 0.5) is 5.69 Å². The summed E-state index contributed by atoms with van der Waals surface area (Å²) in [5, 5.41) is 4.80. The predicted octanol–water partition coefficient (Wildman–Crippen LogP) is 2.18. The minimum absolute atomic E-state index is 0.262. The molecule has 2 N–H and O–H groups in total. The third kappa shape index (κ3) is 2.60. The molecule has 0 spiro atoms. The van der Waals surface area contributed by atoms with Gasteiger partial charge in [-0.3, -0.25) is 4.79 Å². The van der Waals surface area contributed by atoms with E-state index < -0.39 is 0 Å². The molecule has 0 radical (unpaired) electrons. The van der Waals surface area contributed by atoms with Crippen LogP contribution in [0.5, 0.6) is 0 Å². The first kappa shape index (κ1) is 12.0. The van der Waals surface area contributed by atoms with Gasteiger partial charge in [0, 0.05) is 6.07 Å². The van der Waals surface area contributed by atoms with E-state index in [-0.39, 0.29) is 12.1 Å². The van der Waals surface area contributed by atoms with Crippen molar-refractivity contribution in [2.45, 2.75) is 6.54 Å². The van der Waals surface area contributed by atoms with Crippen LogP contribution in [0, 0.1) is 0 Å². The van der Waals surface area contributed by atoms with Crippen molar-refractivity contribution in [1.29, 1.82) is 0 Å². The maximum Gasteiger partial charge on any atom is 0.269 e. The van der Waals surface area contributed by atoms with Gasteiger partial charge in [0.05, 0.1) is 28.5 Å². The zero-order chi connectivity index (χ0) is 12.4. The molecule has 1 aromatic carbocycles. The summed E-state index contributed by atoms with van der Waals surface area (Å²) in [5.74, 6) is 0. The van der Waals surface area contributed by atoms with Crippen LogP contribution in [-0.2, 0) is 6.54 Å². The standard InChI is InChI=1S/C11H9Cl2N3O/c12-9-3-1-2-7(11(9)13)6-16-10(17)4-8(14)5-15-16/h1-5H,6,14H2. The first-order valence-corrected chi connectivity index (χ1v) is 5.59. The summed E-state index contributed by atoms with van der Waals surface area (Å²) in [6.07, 6.45) is 1.42. The van der Waals surface area contributed by atoms with Gasteiger partial charge >= 0.3 is 0 Å². The molecular weight excluding hydrogens is 261 g/mol. The highest BCUT2D eigenvalue weighted by Gasteiger charge is 2.06. The molecule has 6 heteroatoms. The highest BCUT2D eigenvalue weighted by molar-refractivity contribution is 6.42. The number of hydrogen-bond donors (Lipinski definition) is 1. The second-order valence-corrected chi connectivity index (χ2v) is 4.28. The van der Waals surface area contributed by atoms with E-state index in [4.69, 9.17) is 28.9 Å². The Balaban J connectivity index is 2.38. The van der Waals surface area contributed by atoms with Crippen molar-refractivity contribution < 1.29 is 0 Å². The quantitative estimate of drug-likeness (QED) is 0.909. The van der Waals surface area contributed by atoms with Gasteiger partial charge in [0.25, 0.3) is 5.56 Å². The fraction of sp³-hybridized carbons (Fsp3) is 0.0909. The van der Waals surface area contributed by atoms with Gasteiger partial charge in [-0.2, -0.15) is 5.10 Å². The maximum atomic E-state index is 11.6. The molecule has 2 rings (SSSR count). The van der Waals surface area contributed by atoms with Gasteiger partial charge < -0.3 is 5.73 Å². The summed E-state index contributed by atoms with van der Waals surface area (Å²) >= 11 is 11.9. The Morgan fingerprint density at radius 3 is 2.82 bits per heavy atom. The summed E-state index contributed by atoms with van der Waals surface area (Å²) in [7, 11) is 0. The Morgan fingerprint density at radius 2 is 2.12 bits per heavy atom. The Morgan fingerprint density at radius 1 is 1.35 bits per heavy atom. The molecule has 1 aromatic heterocycles. The van der Waals surface area contributed by atoms with Crippen LogP contribution in [0.25, 0.3) is 0 Å². The second kappa shape index (κ2) is 4.77. The van der Waals surface area contributed by atoms with Crippen molar-refractivity contribution in [3.05, 3.63) is 56.4 Å². The van der Waals surface area contributed by atoms with Gasteiger partial charge in [-0.15, -0.1) is 0 Å². The number of halogens is 2. The Labute approximate surface area is 108 Å². The average Bonchev–Trinajstić information content (AvgIpc) is 2.28.